The van der Waals surface area contributed by atoms with Gasteiger partial charge in [-0.1, -0.05) is 27.7 Å². The zero-order valence-electron chi connectivity index (χ0n) is 10.9. The first-order valence-corrected chi connectivity index (χ1v) is 5.87. The fourth-order valence-electron chi connectivity index (χ4n) is 0.961. The summed E-state index contributed by atoms with van der Waals surface area (Å²) < 4.78 is 0. The SMILES string of the molecule is CC(C)C(C)NCC(=O)NC(C)C(C)C. The van der Waals surface area contributed by atoms with Crippen molar-refractivity contribution >= 4 is 5.91 Å². The maximum atomic E-state index is 11.5. The lowest BCUT2D eigenvalue weighted by Gasteiger charge is -2.20. The van der Waals surface area contributed by atoms with Crippen LogP contribution in [0.15, 0.2) is 0 Å². The zero-order valence-corrected chi connectivity index (χ0v) is 10.9. The molecule has 0 heterocycles. The van der Waals surface area contributed by atoms with Crippen molar-refractivity contribution in [1.29, 1.82) is 0 Å². The molecular formula is C12H26N2O. The van der Waals surface area contributed by atoms with Crippen molar-refractivity contribution in [2.45, 2.75) is 53.6 Å². The Morgan fingerprint density at radius 2 is 1.40 bits per heavy atom. The number of nitrogens with one attached hydrogen (secondary N) is 2. The van der Waals surface area contributed by atoms with Gasteiger partial charge in [0.1, 0.15) is 0 Å². The van der Waals surface area contributed by atoms with Crippen LogP contribution >= 0.6 is 0 Å². The minimum atomic E-state index is 0.0868. The van der Waals surface area contributed by atoms with Crippen molar-refractivity contribution in [3.8, 4) is 0 Å². The molecule has 2 atom stereocenters. The third-order valence-electron chi connectivity index (χ3n) is 2.97. The standard InChI is InChI=1S/C12H26N2O/c1-8(2)10(5)13-7-12(15)14-11(6)9(3)4/h8-11,13H,7H2,1-6H3,(H,14,15). The molecule has 0 bridgehead atoms. The third kappa shape index (κ3) is 6.50. The lowest BCUT2D eigenvalue weighted by Crippen LogP contribution is -2.44. The van der Waals surface area contributed by atoms with E-state index in [0.29, 0.717) is 24.4 Å². The van der Waals surface area contributed by atoms with Crippen molar-refractivity contribution in [2.24, 2.45) is 11.8 Å². The number of hydrogen-bond donors (Lipinski definition) is 2. The van der Waals surface area contributed by atoms with Crippen molar-refractivity contribution < 1.29 is 4.79 Å². The van der Waals surface area contributed by atoms with Crippen LogP contribution < -0.4 is 10.6 Å². The Hall–Kier alpha value is -0.570. The highest BCUT2D eigenvalue weighted by molar-refractivity contribution is 5.78. The molecule has 0 aliphatic heterocycles. The van der Waals surface area contributed by atoms with Crippen LogP contribution in [-0.4, -0.2) is 24.5 Å². The predicted molar refractivity (Wildman–Crippen MR) is 64.7 cm³/mol. The predicted octanol–water partition coefficient (Wildman–Crippen LogP) is 1.78. The summed E-state index contributed by atoms with van der Waals surface area (Å²) in [4.78, 5) is 11.5. The van der Waals surface area contributed by atoms with Gasteiger partial charge in [0.05, 0.1) is 6.54 Å². The van der Waals surface area contributed by atoms with Crippen LogP contribution in [0, 0.1) is 11.8 Å². The van der Waals surface area contributed by atoms with Crippen molar-refractivity contribution in [2.75, 3.05) is 6.54 Å². The van der Waals surface area contributed by atoms with Crippen molar-refractivity contribution in [3.63, 3.8) is 0 Å². The normalized spacial score (nSPS) is 15.5. The first-order chi connectivity index (χ1) is 6.84. The number of rotatable bonds is 6. The Balaban J connectivity index is 3.76. The summed E-state index contributed by atoms with van der Waals surface area (Å²) in [6.45, 7) is 13.1. The van der Waals surface area contributed by atoms with E-state index in [1.807, 2.05) is 6.92 Å². The maximum Gasteiger partial charge on any atom is 0.234 e. The van der Waals surface area contributed by atoms with Crippen molar-refractivity contribution in [3.05, 3.63) is 0 Å². The van der Waals surface area contributed by atoms with Gasteiger partial charge in [0.2, 0.25) is 5.91 Å². The number of carbonyl (C=O) groups is 1. The van der Waals surface area contributed by atoms with E-state index in [2.05, 4.69) is 45.3 Å². The van der Waals surface area contributed by atoms with Gasteiger partial charge >= 0.3 is 0 Å². The smallest absolute Gasteiger partial charge is 0.234 e. The Bertz CT molecular complexity index is 190. The molecule has 0 aliphatic rings. The van der Waals surface area contributed by atoms with E-state index in [1.165, 1.54) is 0 Å². The van der Waals surface area contributed by atoms with Crippen LogP contribution in [-0.2, 0) is 4.79 Å². The molecular weight excluding hydrogens is 188 g/mol. The molecule has 0 saturated heterocycles. The first kappa shape index (κ1) is 14.4. The first-order valence-electron chi connectivity index (χ1n) is 5.87. The van der Waals surface area contributed by atoms with E-state index >= 15 is 0 Å². The monoisotopic (exact) mass is 214 g/mol. The summed E-state index contributed by atoms with van der Waals surface area (Å²) in [6.07, 6.45) is 0. The van der Waals surface area contributed by atoms with Gasteiger partial charge in [0, 0.05) is 12.1 Å². The molecule has 3 nitrogen and oxygen atoms in total. The fraction of sp³-hybridized carbons (Fsp3) is 0.917. The average Bonchev–Trinajstić information content (AvgIpc) is 2.13. The molecule has 15 heavy (non-hydrogen) atoms. The molecule has 2 unspecified atom stereocenters. The quantitative estimate of drug-likeness (QED) is 0.707. The second kappa shape index (κ2) is 6.83. The maximum absolute atomic E-state index is 11.5. The van der Waals surface area contributed by atoms with Gasteiger partial charge in [0.25, 0.3) is 0 Å². The van der Waals surface area contributed by atoms with Crippen molar-refractivity contribution in [1.82, 2.24) is 10.6 Å². The summed E-state index contributed by atoms with van der Waals surface area (Å²) >= 11 is 0. The second-order valence-corrected chi connectivity index (χ2v) is 5.01. The van der Waals surface area contributed by atoms with Crippen LogP contribution in [0.5, 0.6) is 0 Å². The average molecular weight is 214 g/mol. The lowest BCUT2D eigenvalue weighted by atomic mass is 10.1. The molecule has 0 aromatic heterocycles. The van der Waals surface area contributed by atoms with Crippen LogP contribution in [0.25, 0.3) is 0 Å². The van der Waals surface area contributed by atoms with E-state index in [-0.39, 0.29) is 11.9 Å². The van der Waals surface area contributed by atoms with Crippen LogP contribution in [0.2, 0.25) is 0 Å². The molecule has 0 fully saturated rings. The minimum Gasteiger partial charge on any atom is -0.352 e. The lowest BCUT2D eigenvalue weighted by molar-refractivity contribution is -0.121. The number of carbonyl (C=O) groups excluding carboxylic acids is 1. The van der Waals surface area contributed by atoms with Gasteiger partial charge in [-0.25, -0.2) is 0 Å². The third-order valence-corrected chi connectivity index (χ3v) is 2.97. The molecule has 0 saturated carbocycles. The van der Waals surface area contributed by atoms with Crippen LogP contribution in [0.1, 0.15) is 41.5 Å². The summed E-state index contributed by atoms with van der Waals surface area (Å²) in [7, 11) is 0. The van der Waals surface area contributed by atoms with E-state index in [0.717, 1.165) is 0 Å². The summed E-state index contributed by atoms with van der Waals surface area (Å²) in [5, 5.41) is 6.19. The second-order valence-electron chi connectivity index (χ2n) is 5.01. The van der Waals surface area contributed by atoms with E-state index in [9.17, 15) is 4.79 Å². The van der Waals surface area contributed by atoms with Crippen LogP contribution in [0.3, 0.4) is 0 Å². The number of amides is 1. The van der Waals surface area contributed by atoms with E-state index < -0.39 is 0 Å². The van der Waals surface area contributed by atoms with Gasteiger partial charge in [-0.05, 0) is 25.7 Å². The summed E-state index contributed by atoms with van der Waals surface area (Å²) in [6, 6.07) is 0.624. The van der Waals surface area contributed by atoms with Gasteiger partial charge in [-0.3, -0.25) is 4.79 Å². The number of hydrogen-bond acceptors (Lipinski definition) is 2. The Labute approximate surface area is 94.0 Å². The molecule has 0 aliphatic carbocycles. The Morgan fingerprint density at radius 3 is 1.80 bits per heavy atom. The van der Waals surface area contributed by atoms with E-state index in [1.54, 1.807) is 0 Å². The highest BCUT2D eigenvalue weighted by Crippen LogP contribution is 2.00. The molecule has 2 N–H and O–H groups in total. The minimum absolute atomic E-state index is 0.0868. The molecule has 0 aromatic rings. The topological polar surface area (TPSA) is 41.1 Å². The molecule has 3 heteroatoms. The molecule has 0 radical (unpaired) electrons. The molecule has 90 valence electrons. The fourth-order valence-corrected chi connectivity index (χ4v) is 0.961. The summed E-state index contributed by atoms with van der Waals surface area (Å²) in [5.41, 5.74) is 0. The molecule has 0 spiro atoms. The summed E-state index contributed by atoms with van der Waals surface area (Å²) in [5.74, 6) is 1.13. The van der Waals surface area contributed by atoms with Gasteiger partial charge in [-0.15, -0.1) is 0 Å². The Morgan fingerprint density at radius 1 is 0.933 bits per heavy atom. The van der Waals surface area contributed by atoms with Gasteiger partial charge in [-0.2, -0.15) is 0 Å². The van der Waals surface area contributed by atoms with E-state index in [4.69, 9.17) is 0 Å². The highest BCUT2D eigenvalue weighted by atomic mass is 16.1. The van der Waals surface area contributed by atoms with Gasteiger partial charge in [0.15, 0.2) is 0 Å². The largest absolute Gasteiger partial charge is 0.352 e. The highest BCUT2D eigenvalue weighted by Gasteiger charge is 2.12. The zero-order chi connectivity index (χ0) is 12.0. The molecule has 1 amide bonds. The molecule has 0 aromatic carbocycles. The molecule has 0 rings (SSSR count). The Kier molecular flexibility index (Phi) is 6.57. The van der Waals surface area contributed by atoms with Crippen LogP contribution in [0.4, 0.5) is 0 Å². The van der Waals surface area contributed by atoms with Gasteiger partial charge < -0.3 is 10.6 Å².